The first-order valence-corrected chi connectivity index (χ1v) is 6.93. The Bertz CT molecular complexity index is 729. The number of carbonyl (C=O) groups is 2. The van der Waals surface area contributed by atoms with Gasteiger partial charge in [-0.2, -0.15) is 0 Å². The molecule has 120 valence electrons. The number of nitrogens with one attached hydrogen (secondary N) is 1. The van der Waals surface area contributed by atoms with Crippen LogP contribution < -0.4 is 10.1 Å². The summed E-state index contributed by atoms with van der Waals surface area (Å²) in [7, 11) is 1.57. The standard InChI is InChI=1S/C16H17N3O4/c1-9-4-5-14(23-3)11(6-9)10(2)19-15(20)12-7-18-13(8-17-12)16(21)22/h4-8,10H,1-3H3,(H,19,20)(H,21,22). The summed E-state index contributed by atoms with van der Waals surface area (Å²) >= 11 is 0. The lowest BCUT2D eigenvalue weighted by molar-refractivity contribution is 0.0689. The van der Waals surface area contributed by atoms with Crippen LogP contribution in [0.4, 0.5) is 0 Å². The Morgan fingerprint density at radius 3 is 2.43 bits per heavy atom. The Hall–Kier alpha value is -2.96. The van der Waals surface area contributed by atoms with E-state index in [9.17, 15) is 9.59 Å². The predicted octanol–water partition coefficient (Wildman–Crippen LogP) is 1.98. The van der Waals surface area contributed by atoms with Crippen LogP contribution in [0.5, 0.6) is 5.75 Å². The van der Waals surface area contributed by atoms with Crippen molar-refractivity contribution in [1.82, 2.24) is 15.3 Å². The Balaban J connectivity index is 2.16. The second-order valence-corrected chi connectivity index (χ2v) is 5.03. The van der Waals surface area contributed by atoms with Gasteiger partial charge in [0.25, 0.3) is 5.91 Å². The average molecular weight is 315 g/mol. The Morgan fingerprint density at radius 2 is 1.87 bits per heavy atom. The Morgan fingerprint density at radius 1 is 1.22 bits per heavy atom. The van der Waals surface area contributed by atoms with E-state index < -0.39 is 11.9 Å². The molecule has 0 saturated heterocycles. The zero-order valence-electron chi connectivity index (χ0n) is 13.0. The summed E-state index contributed by atoms with van der Waals surface area (Å²) < 4.78 is 5.31. The summed E-state index contributed by atoms with van der Waals surface area (Å²) in [6, 6.07) is 5.39. The van der Waals surface area contributed by atoms with E-state index in [0.29, 0.717) is 5.75 Å². The highest BCUT2D eigenvalue weighted by atomic mass is 16.5. The molecule has 1 atom stereocenters. The molecule has 7 nitrogen and oxygen atoms in total. The van der Waals surface area contributed by atoms with Crippen LogP contribution in [-0.4, -0.2) is 34.1 Å². The maximum atomic E-state index is 12.2. The van der Waals surface area contributed by atoms with Crippen molar-refractivity contribution in [2.45, 2.75) is 19.9 Å². The van der Waals surface area contributed by atoms with Crippen LogP contribution in [0.2, 0.25) is 0 Å². The van der Waals surface area contributed by atoms with E-state index in [-0.39, 0.29) is 17.4 Å². The third-order valence-corrected chi connectivity index (χ3v) is 3.30. The number of hydrogen-bond acceptors (Lipinski definition) is 5. The molecule has 7 heteroatoms. The molecule has 1 aromatic carbocycles. The molecule has 0 saturated carbocycles. The number of amides is 1. The van der Waals surface area contributed by atoms with Gasteiger partial charge in [0, 0.05) is 5.56 Å². The quantitative estimate of drug-likeness (QED) is 0.875. The number of methoxy groups -OCH3 is 1. The van der Waals surface area contributed by atoms with Gasteiger partial charge < -0.3 is 15.2 Å². The summed E-state index contributed by atoms with van der Waals surface area (Å²) in [6.07, 6.45) is 2.19. The minimum atomic E-state index is -1.19. The van der Waals surface area contributed by atoms with Crippen LogP contribution in [-0.2, 0) is 0 Å². The van der Waals surface area contributed by atoms with Gasteiger partial charge in [0.2, 0.25) is 0 Å². The van der Waals surface area contributed by atoms with Crippen molar-refractivity contribution in [3.05, 3.63) is 53.1 Å². The highest BCUT2D eigenvalue weighted by Crippen LogP contribution is 2.26. The summed E-state index contributed by atoms with van der Waals surface area (Å²) in [5.41, 5.74) is 1.73. The van der Waals surface area contributed by atoms with Crippen molar-refractivity contribution < 1.29 is 19.4 Å². The van der Waals surface area contributed by atoms with Crippen molar-refractivity contribution in [3.8, 4) is 5.75 Å². The number of aryl methyl sites for hydroxylation is 1. The van der Waals surface area contributed by atoms with Gasteiger partial charge in [0.05, 0.1) is 25.5 Å². The van der Waals surface area contributed by atoms with E-state index >= 15 is 0 Å². The van der Waals surface area contributed by atoms with Gasteiger partial charge >= 0.3 is 5.97 Å². The molecular formula is C16H17N3O4. The first-order chi connectivity index (χ1) is 10.9. The number of aromatic nitrogens is 2. The Labute approximate surface area is 133 Å². The molecule has 2 rings (SSSR count). The molecule has 23 heavy (non-hydrogen) atoms. The van der Waals surface area contributed by atoms with Crippen molar-refractivity contribution in [3.63, 3.8) is 0 Å². The normalized spacial score (nSPS) is 11.6. The number of carboxylic acids is 1. The summed E-state index contributed by atoms with van der Waals surface area (Å²) in [4.78, 5) is 30.4. The number of hydrogen-bond donors (Lipinski definition) is 2. The summed E-state index contributed by atoms with van der Waals surface area (Å²) in [6.45, 7) is 3.78. The van der Waals surface area contributed by atoms with Crippen LogP contribution >= 0.6 is 0 Å². The van der Waals surface area contributed by atoms with Gasteiger partial charge in [-0.25, -0.2) is 14.8 Å². The molecule has 1 unspecified atom stereocenters. The molecule has 0 aliphatic rings. The molecule has 1 heterocycles. The number of carboxylic acid groups (broad SMARTS) is 1. The SMILES string of the molecule is COc1ccc(C)cc1C(C)NC(=O)c1cnc(C(=O)O)cn1. The molecule has 2 aromatic rings. The molecular weight excluding hydrogens is 298 g/mol. The molecule has 2 N–H and O–H groups in total. The Kier molecular flexibility index (Phi) is 4.90. The highest BCUT2D eigenvalue weighted by molar-refractivity contribution is 5.93. The first kappa shape index (κ1) is 16.4. The van der Waals surface area contributed by atoms with Gasteiger partial charge in [-0.1, -0.05) is 17.7 Å². The molecule has 0 radical (unpaired) electrons. The van der Waals surface area contributed by atoms with Gasteiger partial charge in [-0.15, -0.1) is 0 Å². The minimum Gasteiger partial charge on any atom is -0.496 e. The number of benzene rings is 1. The zero-order valence-corrected chi connectivity index (χ0v) is 13.0. The maximum Gasteiger partial charge on any atom is 0.356 e. The van der Waals surface area contributed by atoms with Crippen LogP contribution in [0.3, 0.4) is 0 Å². The lowest BCUT2D eigenvalue weighted by Crippen LogP contribution is -2.28. The molecule has 0 fully saturated rings. The second-order valence-electron chi connectivity index (χ2n) is 5.03. The monoisotopic (exact) mass is 315 g/mol. The number of carbonyl (C=O) groups excluding carboxylic acids is 1. The van der Waals surface area contributed by atoms with Crippen LogP contribution in [0.1, 0.15) is 45.1 Å². The smallest absolute Gasteiger partial charge is 0.356 e. The maximum absolute atomic E-state index is 12.2. The zero-order chi connectivity index (χ0) is 17.0. The fourth-order valence-electron chi connectivity index (χ4n) is 2.10. The van der Waals surface area contributed by atoms with Crippen LogP contribution in [0.25, 0.3) is 0 Å². The minimum absolute atomic E-state index is 0.0495. The molecule has 0 aliphatic carbocycles. The lowest BCUT2D eigenvalue weighted by Gasteiger charge is -2.17. The molecule has 1 amide bonds. The lowest BCUT2D eigenvalue weighted by atomic mass is 10.0. The molecule has 0 bridgehead atoms. The summed E-state index contributed by atoms with van der Waals surface area (Å²) in [5, 5.41) is 11.6. The summed E-state index contributed by atoms with van der Waals surface area (Å²) in [5.74, 6) is -0.955. The van der Waals surface area contributed by atoms with Crippen molar-refractivity contribution in [1.29, 1.82) is 0 Å². The predicted molar refractivity (Wildman–Crippen MR) is 82.6 cm³/mol. The fraction of sp³-hybridized carbons (Fsp3) is 0.250. The van der Waals surface area contributed by atoms with Crippen LogP contribution in [0.15, 0.2) is 30.6 Å². The van der Waals surface area contributed by atoms with Gasteiger partial charge in [-0.3, -0.25) is 4.79 Å². The van der Waals surface area contributed by atoms with E-state index in [4.69, 9.17) is 9.84 Å². The number of rotatable bonds is 5. The second kappa shape index (κ2) is 6.87. The third-order valence-electron chi connectivity index (χ3n) is 3.30. The largest absolute Gasteiger partial charge is 0.496 e. The van der Waals surface area contributed by atoms with E-state index in [1.807, 2.05) is 32.0 Å². The van der Waals surface area contributed by atoms with Gasteiger partial charge in [0.15, 0.2) is 5.69 Å². The van der Waals surface area contributed by atoms with Crippen molar-refractivity contribution in [2.24, 2.45) is 0 Å². The topological polar surface area (TPSA) is 101 Å². The highest BCUT2D eigenvalue weighted by Gasteiger charge is 2.17. The number of aromatic carboxylic acids is 1. The third kappa shape index (κ3) is 3.82. The average Bonchev–Trinajstić information content (AvgIpc) is 2.54. The van der Waals surface area contributed by atoms with E-state index in [1.165, 1.54) is 0 Å². The molecule has 1 aromatic heterocycles. The first-order valence-electron chi connectivity index (χ1n) is 6.93. The van der Waals surface area contributed by atoms with Crippen molar-refractivity contribution in [2.75, 3.05) is 7.11 Å². The van der Waals surface area contributed by atoms with Crippen LogP contribution in [0, 0.1) is 6.92 Å². The fourth-order valence-corrected chi connectivity index (χ4v) is 2.10. The van der Waals surface area contributed by atoms with Crippen molar-refractivity contribution >= 4 is 11.9 Å². The van der Waals surface area contributed by atoms with E-state index in [1.54, 1.807) is 7.11 Å². The number of nitrogens with zero attached hydrogens (tertiary/aromatic N) is 2. The molecule has 0 spiro atoms. The molecule has 0 aliphatic heterocycles. The number of ether oxygens (including phenoxy) is 1. The van der Waals surface area contributed by atoms with E-state index in [2.05, 4.69) is 15.3 Å². The van der Waals surface area contributed by atoms with Gasteiger partial charge in [-0.05, 0) is 19.9 Å². The van der Waals surface area contributed by atoms with Gasteiger partial charge in [0.1, 0.15) is 11.4 Å². The van der Waals surface area contributed by atoms with E-state index in [0.717, 1.165) is 23.5 Å².